The smallest absolute Gasteiger partial charge is 0.350 e. The van der Waals surface area contributed by atoms with Crippen LogP contribution in [0.4, 0.5) is 18.9 Å². The van der Waals surface area contributed by atoms with Crippen molar-refractivity contribution in [2.24, 2.45) is 0 Å². The fourth-order valence-corrected chi connectivity index (χ4v) is 4.24. The molecule has 4 rings (SSSR count). The largest absolute Gasteiger partial charge is 0.404 e. The maximum Gasteiger partial charge on any atom is 0.350 e. The van der Waals surface area contributed by atoms with Crippen LogP contribution in [0, 0.1) is 17.5 Å². The third-order valence-corrected chi connectivity index (χ3v) is 5.56. The molecule has 0 saturated carbocycles. The Bertz CT molecular complexity index is 1270. The van der Waals surface area contributed by atoms with E-state index in [1.54, 1.807) is 11.8 Å². The van der Waals surface area contributed by atoms with Crippen LogP contribution in [0.25, 0.3) is 10.9 Å². The fourth-order valence-electron chi connectivity index (χ4n) is 4.24. The third-order valence-electron chi connectivity index (χ3n) is 5.56. The summed E-state index contributed by atoms with van der Waals surface area (Å²) in [7, 11) is 0. The Kier molecular flexibility index (Phi) is 6.11. The minimum Gasteiger partial charge on any atom is -0.404 e. The van der Waals surface area contributed by atoms with Gasteiger partial charge in [0.25, 0.3) is 0 Å². The van der Waals surface area contributed by atoms with E-state index in [1.165, 1.54) is 10.8 Å². The number of benzene rings is 1. The molecule has 33 heavy (non-hydrogen) atoms. The zero-order chi connectivity index (χ0) is 23.9. The van der Waals surface area contributed by atoms with Gasteiger partial charge in [-0.25, -0.2) is 22.9 Å². The lowest BCUT2D eigenvalue weighted by molar-refractivity contribution is 0.0725. The predicted octanol–water partition coefficient (Wildman–Crippen LogP) is 3.24. The molecule has 0 spiro atoms. The van der Waals surface area contributed by atoms with Gasteiger partial charge >= 0.3 is 5.97 Å². The summed E-state index contributed by atoms with van der Waals surface area (Å²) in [6.45, 7) is 6.56. The van der Waals surface area contributed by atoms with E-state index in [2.05, 4.69) is 10.3 Å². The highest BCUT2D eigenvalue weighted by molar-refractivity contribution is 5.95. The van der Waals surface area contributed by atoms with Gasteiger partial charge in [-0.2, -0.15) is 0 Å². The molecule has 0 radical (unpaired) electrons. The Labute approximate surface area is 187 Å². The van der Waals surface area contributed by atoms with Crippen molar-refractivity contribution in [3.8, 4) is 5.88 Å². The van der Waals surface area contributed by atoms with E-state index in [1.807, 2.05) is 13.8 Å². The number of fused-ring (bicyclic) bond motifs is 1. The summed E-state index contributed by atoms with van der Waals surface area (Å²) in [6.07, 6.45) is 2.04. The quantitative estimate of drug-likeness (QED) is 0.603. The zero-order valence-corrected chi connectivity index (χ0v) is 18.4. The lowest BCUT2D eigenvalue weighted by Gasteiger charge is -2.38. The molecular formula is C23H23F3N4O3. The second-order valence-corrected chi connectivity index (χ2v) is 8.15. The van der Waals surface area contributed by atoms with Gasteiger partial charge in [0.2, 0.25) is 11.3 Å². The molecule has 1 aliphatic heterocycles. The Morgan fingerprint density at radius 1 is 1.21 bits per heavy atom. The number of carbonyl (C=O) groups is 1. The van der Waals surface area contributed by atoms with Crippen molar-refractivity contribution in [1.82, 2.24) is 14.9 Å². The van der Waals surface area contributed by atoms with Gasteiger partial charge in [-0.05, 0) is 32.9 Å². The maximum atomic E-state index is 15.7. The van der Waals surface area contributed by atoms with Gasteiger partial charge in [0.15, 0.2) is 5.82 Å². The van der Waals surface area contributed by atoms with Crippen LogP contribution >= 0.6 is 0 Å². The number of anilines is 1. The minimum atomic E-state index is -1.06. The molecule has 0 bridgehead atoms. The van der Waals surface area contributed by atoms with Gasteiger partial charge in [-0.15, -0.1) is 0 Å². The summed E-state index contributed by atoms with van der Waals surface area (Å²) in [4.78, 5) is 30.9. The van der Waals surface area contributed by atoms with E-state index in [0.717, 1.165) is 24.4 Å². The van der Waals surface area contributed by atoms with Crippen molar-refractivity contribution < 1.29 is 22.7 Å². The molecule has 10 heteroatoms. The first-order chi connectivity index (χ1) is 15.7. The molecule has 1 aromatic carbocycles. The Morgan fingerprint density at radius 2 is 1.91 bits per heavy atom. The van der Waals surface area contributed by atoms with E-state index in [-0.39, 0.29) is 41.1 Å². The van der Waals surface area contributed by atoms with E-state index in [0.29, 0.717) is 13.1 Å². The molecule has 2 atom stereocenters. The Hall–Kier alpha value is -3.40. The predicted molar refractivity (Wildman–Crippen MR) is 117 cm³/mol. The summed E-state index contributed by atoms with van der Waals surface area (Å²) >= 11 is 0. The summed E-state index contributed by atoms with van der Waals surface area (Å²) in [5, 5.41) is 3.04. The van der Waals surface area contributed by atoms with Gasteiger partial charge in [0.1, 0.15) is 22.9 Å². The SMILES string of the molecule is CCn1cc(C(=O)Oc2ccc(F)cn2)c(=O)c2cc(F)c(N3CC(C)NC(C)C3)c(F)c21. The minimum absolute atomic E-state index is 0.0221. The van der Waals surface area contributed by atoms with Crippen LogP contribution in [-0.2, 0) is 6.54 Å². The van der Waals surface area contributed by atoms with Gasteiger partial charge in [-0.1, -0.05) is 0 Å². The number of pyridine rings is 2. The molecular weight excluding hydrogens is 437 g/mol. The number of piperazine rings is 1. The van der Waals surface area contributed by atoms with Crippen LogP contribution in [0.3, 0.4) is 0 Å². The maximum absolute atomic E-state index is 15.7. The van der Waals surface area contributed by atoms with Crippen molar-refractivity contribution in [3.63, 3.8) is 0 Å². The van der Waals surface area contributed by atoms with Gasteiger partial charge < -0.3 is 19.5 Å². The van der Waals surface area contributed by atoms with Gasteiger partial charge in [0, 0.05) is 44.0 Å². The summed E-state index contributed by atoms with van der Waals surface area (Å²) in [5.41, 5.74) is -1.57. The normalized spacial score (nSPS) is 18.5. The monoisotopic (exact) mass is 460 g/mol. The second kappa shape index (κ2) is 8.86. The highest BCUT2D eigenvalue weighted by atomic mass is 19.1. The average Bonchev–Trinajstić information content (AvgIpc) is 2.75. The summed E-state index contributed by atoms with van der Waals surface area (Å²) < 4.78 is 50.3. The summed E-state index contributed by atoms with van der Waals surface area (Å²) in [6, 6.07) is 3.19. The zero-order valence-electron chi connectivity index (χ0n) is 18.4. The second-order valence-electron chi connectivity index (χ2n) is 8.15. The number of esters is 1. The standard InChI is InChI=1S/C23H23F3N4O3/c1-4-29-11-16(23(32)33-18-6-5-14(24)8-27-18)22(31)15-7-17(25)21(19(26)20(15)29)30-9-12(2)28-13(3)10-30/h5-8,11-13,28H,4,9-10H2,1-3H3. The topological polar surface area (TPSA) is 76.5 Å². The van der Waals surface area contributed by atoms with Crippen molar-refractivity contribution in [2.45, 2.75) is 39.4 Å². The number of hydrogen-bond donors (Lipinski definition) is 1. The highest BCUT2D eigenvalue weighted by Crippen LogP contribution is 2.31. The number of aryl methyl sites for hydroxylation is 1. The lowest BCUT2D eigenvalue weighted by Crippen LogP contribution is -2.54. The summed E-state index contributed by atoms with van der Waals surface area (Å²) in [5.74, 6) is -3.63. The molecule has 0 amide bonds. The van der Waals surface area contributed by atoms with Crippen LogP contribution in [-0.4, -0.2) is 40.7 Å². The van der Waals surface area contributed by atoms with Crippen molar-refractivity contribution in [2.75, 3.05) is 18.0 Å². The van der Waals surface area contributed by atoms with E-state index in [9.17, 15) is 14.0 Å². The molecule has 3 heterocycles. The molecule has 174 valence electrons. The van der Waals surface area contributed by atoms with Crippen LogP contribution in [0.15, 0.2) is 35.4 Å². The van der Waals surface area contributed by atoms with Crippen LogP contribution in [0.5, 0.6) is 5.88 Å². The number of nitrogens with zero attached hydrogens (tertiary/aromatic N) is 3. The third kappa shape index (κ3) is 4.30. The van der Waals surface area contributed by atoms with Crippen LogP contribution < -0.4 is 20.4 Å². The fraction of sp³-hybridized carbons (Fsp3) is 0.348. The van der Waals surface area contributed by atoms with Crippen LogP contribution in [0.1, 0.15) is 31.1 Å². The molecule has 1 aliphatic rings. The number of aromatic nitrogens is 2. The number of rotatable bonds is 4. The molecule has 3 aromatic rings. The van der Waals surface area contributed by atoms with Gasteiger partial charge in [0.05, 0.1) is 17.1 Å². The molecule has 1 fully saturated rings. The van der Waals surface area contributed by atoms with Crippen molar-refractivity contribution >= 4 is 22.6 Å². The molecule has 7 nitrogen and oxygen atoms in total. The Balaban J connectivity index is 1.82. The van der Waals surface area contributed by atoms with Crippen LogP contribution in [0.2, 0.25) is 0 Å². The van der Waals surface area contributed by atoms with Gasteiger partial charge in [-0.3, -0.25) is 4.79 Å². The number of carbonyl (C=O) groups excluding carboxylic acids is 1. The molecule has 1 N–H and O–H groups in total. The molecule has 1 saturated heterocycles. The first-order valence-corrected chi connectivity index (χ1v) is 10.6. The number of nitrogens with one attached hydrogen (secondary N) is 1. The number of halogens is 3. The molecule has 2 aromatic heterocycles. The number of hydrogen-bond acceptors (Lipinski definition) is 6. The first kappa shape index (κ1) is 22.8. The molecule has 2 unspecified atom stereocenters. The lowest BCUT2D eigenvalue weighted by atomic mass is 10.1. The van der Waals surface area contributed by atoms with E-state index in [4.69, 9.17) is 4.74 Å². The van der Waals surface area contributed by atoms with E-state index < -0.39 is 34.4 Å². The number of ether oxygens (including phenoxy) is 1. The van der Waals surface area contributed by atoms with E-state index >= 15 is 8.78 Å². The average molecular weight is 460 g/mol. The highest BCUT2D eigenvalue weighted by Gasteiger charge is 2.29. The van der Waals surface area contributed by atoms with Crippen molar-refractivity contribution in [1.29, 1.82) is 0 Å². The first-order valence-electron chi connectivity index (χ1n) is 10.6. The molecule has 0 aliphatic carbocycles. The Morgan fingerprint density at radius 3 is 2.52 bits per heavy atom. The van der Waals surface area contributed by atoms with Crippen molar-refractivity contribution in [3.05, 3.63) is 63.8 Å².